The normalized spacial score (nSPS) is 16.0. The molecule has 230 valence electrons. The number of benzene rings is 1. The Morgan fingerprint density at radius 2 is 1.91 bits per heavy atom. The molecule has 1 saturated heterocycles. The average molecular weight is 638 g/mol. The number of amides is 1. The molecule has 4 heterocycles. The van der Waals surface area contributed by atoms with Crippen molar-refractivity contribution < 1.29 is 30.9 Å². The third-order valence-electron chi connectivity index (χ3n) is 6.95. The molecule has 1 aromatic carbocycles. The number of thiophene rings is 1. The number of hydrogen-bond donors (Lipinski definition) is 1. The highest BCUT2D eigenvalue weighted by atomic mass is 32.2. The van der Waals surface area contributed by atoms with Crippen LogP contribution < -0.4 is 5.32 Å². The van der Waals surface area contributed by atoms with Crippen molar-refractivity contribution in [1.29, 1.82) is 0 Å². The van der Waals surface area contributed by atoms with Crippen molar-refractivity contribution in [3.05, 3.63) is 54.0 Å². The molecule has 1 amide bonds. The standard InChI is InChI=1S/C27H30F3N7O4S2/c1-17-13-21(41-34-17)22-7-8-23(42-22)43(39,40)37-11-9-36(10-12-37)14-18(2)33-25-19-5-4-6-20(24(19)31-16-32-25)26(38)35(3)15-27(28,29)30/h4-8,13,16,18H,9-12,14-15H2,1-3H3,(H,31,32,33). The summed E-state index contributed by atoms with van der Waals surface area (Å²) in [6, 6.07) is 9.67. The Morgan fingerprint density at radius 1 is 1.16 bits per heavy atom. The van der Waals surface area contributed by atoms with E-state index in [-0.39, 0.29) is 21.3 Å². The molecule has 0 aliphatic carbocycles. The Labute approximate surface area is 250 Å². The third kappa shape index (κ3) is 6.98. The van der Waals surface area contributed by atoms with Crippen molar-refractivity contribution in [2.45, 2.75) is 30.3 Å². The van der Waals surface area contributed by atoms with Crippen LogP contribution >= 0.6 is 11.3 Å². The number of anilines is 1. The average Bonchev–Trinajstić information content (AvgIpc) is 3.62. The van der Waals surface area contributed by atoms with E-state index in [2.05, 4.69) is 25.3 Å². The summed E-state index contributed by atoms with van der Waals surface area (Å²) >= 11 is 1.15. The van der Waals surface area contributed by atoms with E-state index in [9.17, 15) is 26.4 Å². The molecule has 43 heavy (non-hydrogen) atoms. The van der Waals surface area contributed by atoms with Gasteiger partial charge in [-0.25, -0.2) is 18.4 Å². The van der Waals surface area contributed by atoms with Gasteiger partial charge in [0.2, 0.25) is 0 Å². The summed E-state index contributed by atoms with van der Waals surface area (Å²) in [5, 5.41) is 7.68. The number of fused-ring (bicyclic) bond motifs is 1. The number of carbonyl (C=O) groups is 1. The van der Waals surface area contributed by atoms with Crippen molar-refractivity contribution in [2.75, 3.05) is 51.6 Å². The van der Waals surface area contributed by atoms with Crippen LogP contribution in [0.15, 0.2) is 51.5 Å². The van der Waals surface area contributed by atoms with Gasteiger partial charge in [0.1, 0.15) is 22.9 Å². The van der Waals surface area contributed by atoms with Crippen LogP contribution in [-0.4, -0.2) is 102 Å². The fourth-order valence-electron chi connectivity index (χ4n) is 4.94. The van der Waals surface area contributed by atoms with Crippen molar-refractivity contribution in [3.8, 4) is 10.6 Å². The summed E-state index contributed by atoms with van der Waals surface area (Å²) in [5.74, 6) is 0.186. The highest BCUT2D eigenvalue weighted by molar-refractivity contribution is 7.91. The summed E-state index contributed by atoms with van der Waals surface area (Å²) in [4.78, 5) is 24.7. The number of aromatic nitrogens is 3. The lowest BCUT2D eigenvalue weighted by Crippen LogP contribution is -2.50. The van der Waals surface area contributed by atoms with Gasteiger partial charge in [0.15, 0.2) is 5.76 Å². The number of piperazine rings is 1. The highest BCUT2D eigenvalue weighted by Gasteiger charge is 2.33. The zero-order valence-electron chi connectivity index (χ0n) is 23.6. The van der Waals surface area contributed by atoms with Gasteiger partial charge >= 0.3 is 6.18 Å². The van der Waals surface area contributed by atoms with Gasteiger partial charge in [-0.15, -0.1) is 11.3 Å². The number of nitrogens with zero attached hydrogens (tertiary/aromatic N) is 6. The van der Waals surface area contributed by atoms with E-state index in [4.69, 9.17) is 4.52 Å². The van der Waals surface area contributed by atoms with Crippen LogP contribution in [0.1, 0.15) is 23.0 Å². The Morgan fingerprint density at radius 3 is 2.58 bits per heavy atom. The van der Waals surface area contributed by atoms with E-state index < -0.39 is 28.7 Å². The van der Waals surface area contributed by atoms with Crippen LogP contribution in [0.25, 0.3) is 21.5 Å². The molecule has 16 heteroatoms. The number of sulfonamides is 1. The largest absolute Gasteiger partial charge is 0.406 e. The Kier molecular flexibility index (Phi) is 8.74. The molecular formula is C27H30F3N7O4S2. The molecule has 4 aromatic rings. The van der Waals surface area contributed by atoms with Gasteiger partial charge < -0.3 is 14.7 Å². The molecule has 0 bridgehead atoms. The summed E-state index contributed by atoms with van der Waals surface area (Å²) < 4.78 is 72.1. The number of hydrogen-bond acceptors (Lipinski definition) is 10. The van der Waals surface area contributed by atoms with Crippen LogP contribution in [0.5, 0.6) is 0 Å². The minimum atomic E-state index is -4.52. The lowest BCUT2D eigenvalue weighted by molar-refractivity contribution is -0.138. The molecule has 1 aliphatic rings. The van der Waals surface area contributed by atoms with Crippen LogP contribution in [0.3, 0.4) is 0 Å². The first-order chi connectivity index (χ1) is 20.3. The topological polar surface area (TPSA) is 125 Å². The van der Waals surface area contributed by atoms with Gasteiger partial charge in [-0.1, -0.05) is 11.2 Å². The fraction of sp³-hybridized carbons (Fsp3) is 0.407. The number of halogens is 3. The number of carbonyl (C=O) groups excluding carboxylic acids is 1. The molecule has 0 radical (unpaired) electrons. The molecule has 1 aliphatic heterocycles. The number of nitrogens with one attached hydrogen (secondary N) is 1. The molecular weight excluding hydrogens is 607 g/mol. The Bertz CT molecular complexity index is 1720. The maximum Gasteiger partial charge on any atom is 0.406 e. The van der Waals surface area contributed by atoms with Gasteiger partial charge in [-0.3, -0.25) is 9.69 Å². The van der Waals surface area contributed by atoms with Crippen molar-refractivity contribution in [1.82, 2.24) is 29.2 Å². The summed E-state index contributed by atoms with van der Waals surface area (Å²) in [6.07, 6.45) is -3.26. The van der Waals surface area contributed by atoms with Crippen molar-refractivity contribution in [3.63, 3.8) is 0 Å². The van der Waals surface area contributed by atoms with Gasteiger partial charge in [0.25, 0.3) is 15.9 Å². The van der Waals surface area contributed by atoms with E-state index in [1.54, 1.807) is 37.3 Å². The van der Waals surface area contributed by atoms with Crippen LogP contribution in [-0.2, 0) is 10.0 Å². The zero-order chi connectivity index (χ0) is 30.9. The quantitative estimate of drug-likeness (QED) is 0.289. The smallest absolute Gasteiger partial charge is 0.366 e. The van der Waals surface area contributed by atoms with Crippen molar-refractivity contribution in [2.24, 2.45) is 0 Å². The first kappa shape index (κ1) is 30.8. The zero-order valence-corrected chi connectivity index (χ0v) is 25.3. The molecule has 1 N–H and O–H groups in total. The number of alkyl halides is 3. The maximum atomic E-state index is 13.3. The first-order valence-corrected chi connectivity index (χ1v) is 15.7. The molecule has 1 atom stereocenters. The Balaban J connectivity index is 1.20. The maximum absolute atomic E-state index is 13.3. The molecule has 5 rings (SSSR count). The predicted octanol–water partition coefficient (Wildman–Crippen LogP) is 4.10. The van der Waals surface area contributed by atoms with E-state index >= 15 is 0 Å². The highest BCUT2D eigenvalue weighted by Crippen LogP contribution is 2.33. The lowest BCUT2D eigenvalue weighted by atomic mass is 10.1. The number of para-hydroxylation sites is 1. The molecule has 1 unspecified atom stereocenters. The first-order valence-electron chi connectivity index (χ1n) is 13.4. The number of rotatable bonds is 9. The van der Waals surface area contributed by atoms with Crippen LogP contribution in [0.2, 0.25) is 0 Å². The van der Waals surface area contributed by atoms with Crippen LogP contribution in [0.4, 0.5) is 19.0 Å². The molecule has 0 saturated carbocycles. The lowest BCUT2D eigenvalue weighted by Gasteiger charge is -2.35. The minimum absolute atomic E-state index is 0.0495. The summed E-state index contributed by atoms with van der Waals surface area (Å²) in [5.41, 5.74) is 1.02. The van der Waals surface area contributed by atoms with E-state index in [0.29, 0.717) is 65.2 Å². The second kappa shape index (κ2) is 12.2. The third-order valence-corrected chi connectivity index (χ3v) is 10.4. The summed E-state index contributed by atoms with van der Waals surface area (Å²) in [7, 11) is -2.56. The van der Waals surface area contributed by atoms with Gasteiger partial charge in [0.05, 0.1) is 21.7 Å². The summed E-state index contributed by atoms with van der Waals surface area (Å²) in [6.45, 7) is 4.67. The van der Waals surface area contributed by atoms with E-state index in [1.165, 1.54) is 16.7 Å². The molecule has 11 nitrogen and oxygen atoms in total. The SMILES string of the molecule is Cc1cc(-c2ccc(S(=O)(=O)N3CCN(CC(C)Nc4ncnc5c(C(=O)N(C)CC(F)(F)F)cccc45)CC3)s2)on1. The Hall–Kier alpha value is -3.60. The molecule has 0 spiro atoms. The second-order valence-electron chi connectivity index (χ2n) is 10.4. The molecule has 1 fully saturated rings. The van der Waals surface area contributed by atoms with Gasteiger partial charge in [-0.2, -0.15) is 17.5 Å². The van der Waals surface area contributed by atoms with Gasteiger partial charge in [-0.05, 0) is 38.1 Å². The second-order valence-corrected chi connectivity index (χ2v) is 13.7. The fourth-order valence-corrected chi connectivity index (χ4v) is 7.77. The van der Waals surface area contributed by atoms with E-state index in [0.717, 1.165) is 18.4 Å². The minimum Gasteiger partial charge on any atom is -0.366 e. The van der Waals surface area contributed by atoms with Crippen LogP contribution in [0, 0.1) is 6.92 Å². The monoisotopic (exact) mass is 637 g/mol. The van der Waals surface area contributed by atoms with Gasteiger partial charge in [0, 0.05) is 57.3 Å². The van der Waals surface area contributed by atoms with Crippen molar-refractivity contribution >= 4 is 44.0 Å². The number of aryl methyl sites for hydroxylation is 1. The van der Waals surface area contributed by atoms with E-state index in [1.807, 2.05) is 6.92 Å². The molecule has 3 aromatic heterocycles. The predicted molar refractivity (Wildman–Crippen MR) is 155 cm³/mol.